The number of thioether (sulfide) groups is 1. The highest BCUT2D eigenvalue weighted by molar-refractivity contribution is 7.99. The fraction of sp³-hybridized carbons (Fsp3) is 0.667. The van der Waals surface area contributed by atoms with Crippen LogP contribution in [0, 0.1) is 0 Å². The molecule has 0 saturated carbocycles. The molecule has 0 aliphatic heterocycles. The van der Waals surface area contributed by atoms with Gasteiger partial charge in [-0.15, -0.1) is 11.8 Å². The standard InChI is InChI=1S/C12H21N3OS/c1-12(2,3)17-8-11-14-9(7-16-5)6-10(13-4)15-11/h6H,7-8H2,1-5H3,(H,13,14,15). The number of methoxy groups -OCH3 is 1. The van der Waals surface area contributed by atoms with E-state index in [9.17, 15) is 0 Å². The Balaban J connectivity index is 2.79. The van der Waals surface area contributed by atoms with E-state index in [1.54, 1.807) is 7.11 Å². The van der Waals surface area contributed by atoms with E-state index in [0.29, 0.717) is 6.61 Å². The summed E-state index contributed by atoms with van der Waals surface area (Å²) in [6, 6.07) is 1.91. The normalized spacial score (nSPS) is 11.6. The van der Waals surface area contributed by atoms with Crippen LogP contribution in [-0.4, -0.2) is 28.9 Å². The molecule has 0 saturated heterocycles. The van der Waals surface area contributed by atoms with Crippen LogP contribution in [0.5, 0.6) is 0 Å². The van der Waals surface area contributed by atoms with E-state index in [0.717, 1.165) is 23.1 Å². The third kappa shape index (κ3) is 5.37. The minimum Gasteiger partial charge on any atom is -0.378 e. The van der Waals surface area contributed by atoms with Crippen LogP contribution in [0.3, 0.4) is 0 Å². The van der Waals surface area contributed by atoms with E-state index >= 15 is 0 Å². The first-order chi connectivity index (χ1) is 7.94. The average Bonchev–Trinajstić information content (AvgIpc) is 2.25. The first-order valence-corrected chi connectivity index (χ1v) is 6.60. The van der Waals surface area contributed by atoms with Gasteiger partial charge < -0.3 is 10.1 Å². The molecule has 0 atom stereocenters. The Bertz CT molecular complexity index is 363. The monoisotopic (exact) mass is 255 g/mol. The molecule has 1 N–H and O–H groups in total. The topological polar surface area (TPSA) is 47.0 Å². The van der Waals surface area contributed by atoms with Gasteiger partial charge in [-0.3, -0.25) is 0 Å². The lowest BCUT2D eigenvalue weighted by molar-refractivity contribution is 0.181. The number of nitrogens with one attached hydrogen (secondary N) is 1. The van der Waals surface area contributed by atoms with Crippen LogP contribution in [-0.2, 0) is 17.1 Å². The van der Waals surface area contributed by atoms with E-state index < -0.39 is 0 Å². The van der Waals surface area contributed by atoms with E-state index in [1.807, 2.05) is 24.9 Å². The summed E-state index contributed by atoms with van der Waals surface area (Å²) in [7, 11) is 3.53. The molecule has 0 aliphatic carbocycles. The maximum Gasteiger partial charge on any atom is 0.140 e. The number of nitrogens with zero attached hydrogens (tertiary/aromatic N) is 2. The molecule has 0 spiro atoms. The molecule has 0 unspecified atom stereocenters. The largest absolute Gasteiger partial charge is 0.378 e. The van der Waals surface area contributed by atoms with Gasteiger partial charge in [0.1, 0.15) is 11.6 Å². The summed E-state index contributed by atoms with van der Waals surface area (Å²) in [6.07, 6.45) is 0. The van der Waals surface area contributed by atoms with Gasteiger partial charge in [0, 0.05) is 25.0 Å². The lowest BCUT2D eigenvalue weighted by Crippen LogP contribution is -2.10. The van der Waals surface area contributed by atoms with Crippen LogP contribution in [0.25, 0.3) is 0 Å². The Morgan fingerprint density at radius 1 is 1.35 bits per heavy atom. The van der Waals surface area contributed by atoms with Crippen LogP contribution >= 0.6 is 11.8 Å². The van der Waals surface area contributed by atoms with Crippen molar-refractivity contribution in [1.29, 1.82) is 0 Å². The second kappa shape index (κ2) is 6.21. The third-order valence-corrected chi connectivity index (χ3v) is 3.28. The van der Waals surface area contributed by atoms with Gasteiger partial charge in [-0.1, -0.05) is 20.8 Å². The van der Waals surface area contributed by atoms with E-state index in [2.05, 4.69) is 36.1 Å². The zero-order valence-electron chi connectivity index (χ0n) is 11.2. The van der Waals surface area contributed by atoms with Gasteiger partial charge >= 0.3 is 0 Å². The maximum atomic E-state index is 5.10. The fourth-order valence-corrected chi connectivity index (χ4v) is 1.94. The highest BCUT2D eigenvalue weighted by Crippen LogP contribution is 2.26. The summed E-state index contributed by atoms with van der Waals surface area (Å²) in [5.41, 5.74) is 0.913. The molecule has 0 aliphatic rings. The average molecular weight is 255 g/mol. The van der Waals surface area contributed by atoms with Crippen LogP contribution in [0.2, 0.25) is 0 Å². The Kier molecular flexibility index (Phi) is 5.21. The second-order valence-corrected chi connectivity index (χ2v) is 6.55. The molecule has 17 heavy (non-hydrogen) atoms. The summed E-state index contributed by atoms with van der Waals surface area (Å²) in [6.45, 7) is 7.09. The molecule has 1 aromatic rings. The molecule has 1 heterocycles. The molecule has 1 aromatic heterocycles. The van der Waals surface area contributed by atoms with Crippen molar-refractivity contribution in [3.8, 4) is 0 Å². The van der Waals surface area contributed by atoms with E-state index in [1.165, 1.54) is 0 Å². The first-order valence-electron chi connectivity index (χ1n) is 5.62. The number of aromatic nitrogens is 2. The summed E-state index contributed by atoms with van der Waals surface area (Å²) in [5, 5.41) is 3.05. The molecule has 0 aromatic carbocycles. The van der Waals surface area contributed by atoms with Gasteiger partial charge in [0.05, 0.1) is 18.1 Å². The van der Waals surface area contributed by atoms with Gasteiger partial charge in [0.2, 0.25) is 0 Å². The van der Waals surface area contributed by atoms with Crippen molar-refractivity contribution in [2.75, 3.05) is 19.5 Å². The van der Waals surface area contributed by atoms with Crippen LogP contribution in [0.15, 0.2) is 6.07 Å². The van der Waals surface area contributed by atoms with Crippen LogP contribution < -0.4 is 5.32 Å². The Labute approximate surface area is 108 Å². The van der Waals surface area contributed by atoms with Crippen molar-refractivity contribution in [2.45, 2.75) is 37.9 Å². The smallest absolute Gasteiger partial charge is 0.140 e. The lowest BCUT2D eigenvalue weighted by Gasteiger charge is -2.17. The molecule has 4 nitrogen and oxygen atoms in total. The van der Waals surface area contributed by atoms with E-state index in [-0.39, 0.29) is 4.75 Å². The van der Waals surface area contributed by atoms with Crippen molar-refractivity contribution < 1.29 is 4.74 Å². The first kappa shape index (κ1) is 14.3. The summed E-state index contributed by atoms with van der Waals surface area (Å²) in [5.74, 6) is 2.51. The Hall–Kier alpha value is -0.810. The predicted octanol–water partition coefficient (Wildman–Crippen LogP) is 2.70. The van der Waals surface area contributed by atoms with Crippen molar-refractivity contribution >= 4 is 17.6 Å². The third-order valence-electron chi connectivity index (χ3n) is 2.01. The SMILES string of the molecule is CNc1cc(COC)nc(CSC(C)(C)C)n1. The Morgan fingerprint density at radius 2 is 2.06 bits per heavy atom. The quantitative estimate of drug-likeness (QED) is 0.876. The Morgan fingerprint density at radius 3 is 2.59 bits per heavy atom. The zero-order chi connectivity index (χ0) is 12.9. The molecule has 0 amide bonds. The molecule has 0 radical (unpaired) electrons. The second-order valence-electron chi connectivity index (χ2n) is 4.74. The van der Waals surface area contributed by atoms with Crippen LogP contribution in [0.4, 0.5) is 5.82 Å². The van der Waals surface area contributed by atoms with Crippen molar-refractivity contribution in [2.24, 2.45) is 0 Å². The van der Waals surface area contributed by atoms with Crippen molar-refractivity contribution in [3.63, 3.8) is 0 Å². The van der Waals surface area contributed by atoms with Gasteiger partial charge in [0.25, 0.3) is 0 Å². The van der Waals surface area contributed by atoms with Gasteiger partial charge in [-0.25, -0.2) is 9.97 Å². The summed E-state index contributed by atoms with van der Waals surface area (Å²) in [4.78, 5) is 8.92. The number of hydrogen-bond acceptors (Lipinski definition) is 5. The lowest BCUT2D eigenvalue weighted by atomic mass is 10.3. The molecule has 0 fully saturated rings. The number of hydrogen-bond donors (Lipinski definition) is 1. The zero-order valence-corrected chi connectivity index (χ0v) is 12.0. The highest BCUT2D eigenvalue weighted by Gasteiger charge is 2.12. The van der Waals surface area contributed by atoms with Crippen molar-refractivity contribution in [1.82, 2.24) is 9.97 Å². The molecule has 96 valence electrons. The van der Waals surface area contributed by atoms with Crippen LogP contribution in [0.1, 0.15) is 32.3 Å². The number of anilines is 1. The number of ether oxygens (including phenoxy) is 1. The predicted molar refractivity (Wildman–Crippen MR) is 73.3 cm³/mol. The fourth-order valence-electron chi connectivity index (χ4n) is 1.25. The van der Waals surface area contributed by atoms with Crippen molar-refractivity contribution in [3.05, 3.63) is 17.6 Å². The van der Waals surface area contributed by atoms with Gasteiger partial charge in [-0.05, 0) is 0 Å². The molecule has 5 heteroatoms. The summed E-state index contributed by atoms with van der Waals surface area (Å²) >= 11 is 1.84. The minimum atomic E-state index is 0.223. The molecular weight excluding hydrogens is 234 g/mol. The minimum absolute atomic E-state index is 0.223. The van der Waals surface area contributed by atoms with Gasteiger partial charge in [0.15, 0.2) is 0 Å². The summed E-state index contributed by atoms with van der Waals surface area (Å²) < 4.78 is 5.33. The van der Waals surface area contributed by atoms with E-state index in [4.69, 9.17) is 4.74 Å². The van der Waals surface area contributed by atoms with Gasteiger partial charge in [-0.2, -0.15) is 0 Å². The molecular formula is C12H21N3OS. The highest BCUT2D eigenvalue weighted by atomic mass is 32.2. The number of rotatable bonds is 5. The maximum absolute atomic E-state index is 5.10. The molecule has 1 rings (SSSR count). The molecule has 0 bridgehead atoms.